The van der Waals surface area contributed by atoms with Gasteiger partial charge in [-0.1, -0.05) is 6.92 Å². The first kappa shape index (κ1) is 9.61. The molecule has 2 atom stereocenters. The Hall–Kier alpha value is -1.60. The van der Waals surface area contributed by atoms with E-state index in [1.54, 1.807) is 6.20 Å². The molecule has 2 bridgehead atoms. The number of aromatic nitrogens is 1. The lowest BCUT2D eigenvalue weighted by Crippen LogP contribution is -2.73. The highest BCUT2D eigenvalue weighted by atomic mass is 15.3. The van der Waals surface area contributed by atoms with Crippen molar-refractivity contribution in [1.82, 2.24) is 10.3 Å². The van der Waals surface area contributed by atoms with Crippen molar-refractivity contribution in [2.75, 3.05) is 18.0 Å². The van der Waals surface area contributed by atoms with Crippen molar-refractivity contribution in [3.63, 3.8) is 0 Å². The summed E-state index contributed by atoms with van der Waals surface area (Å²) in [6.07, 6.45) is 1.65. The van der Waals surface area contributed by atoms with Crippen LogP contribution in [0.4, 0.5) is 5.82 Å². The number of anilines is 1. The molecule has 3 heterocycles. The Kier molecular flexibility index (Phi) is 2.08. The number of piperidine rings is 1. The van der Waals surface area contributed by atoms with Gasteiger partial charge in [0.25, 0.3) is 0 Å². The normalized spacial score (nSPS) is 31.8. The fourth-order valence-corrected chi connectivity index (χ4v) is 2.80. The third kappa shape index (κ3) is 1.22. The van der Waals surface area contributed by atoms with Crippen LogP contribution in [-0.2, 0) is 0 Å². The van der Waals surface area contributed by atoms with Gasteiger partial charge in [-0.15, -0.1) is 0 Å². The summed E-state index contributed by atoms with van der Waals surface area (Å²) >= 11 is 0. The molecule has 2 saturated heterocycles. The van der Waals surface area contributed by atoms with Crippen LogP contribution in [0.1, 0.15) is 12.5 Å². The number of piperazine rings is 1. The second-order valence-corrected chi connectivity index (χ2v) is 4.58. The molecule has 82 valence electrons. The van der Waals surface area contributed by atoms with Crippen molar-refractivity contribution < 1.29 is 0 Å². The van der Waals surface area contributed by atoms with Gasteiger partial charge in [-0.05, 0) is 18.1 Å². The molecule has 0 saturated carbocycles. The molecule has 0 aromatic carbocycles. The number of pyridine rings is 1. The molecule has 1 aromatic rings. The van der Waals surface area contributed by atoms with Crippen LogP contribution in [0.15, 0.2) is 18.3 Å². The lowest BCUT2D eigenvalue weighted by atomic mass is 9.78. The van der Waals surface area contributed by atoms with Gasteiger partial charge in [0.05, 0.1) is 5.56 Å². The number of nitrogens with zero attached hydrogens (tertiary/aromatic N) is 3. The monoisotopic (exact) mass is 214 g/mol. The van der Waals surface area contributed by atoms with Crippen molar-refractivity contribution in [2.24, 2.45) is 5.92 Å². The third-order valence-corrected chi connectivity index (χ3v) is 3.78. The summed E-state index contributed by atoms with van der Waals surface area (Å²) in [5.41, 5.74) is 0.626. The van der Waals surface area contributed by atoms with Gasteiger partial charge in [0.15, 0.2) is 0 Å². The molecule has 4 heteroatoms. The van der Waals surface area contributed by atoms with Gasteiger partial charge in [0.2, 0.25) is 0 Å². The summed E-state index contributed by atoms with van der Waals surface area (Å²) in [5, 5.41) is 12.1. The maximum Gasteiger partial charge on any atom is 0.129 e. The molecular formula is C12H14N4. The molecule has 1 N–H and O–H groups in total. The largest absolute Gasteiger partial charge is 0.347 e. The molecule has 4 nitrogen and oxygen atoms in total. The van der Waals surface area contributed by atoms with E-state index in [1.165, 1.54) is 0 Å². The van der Waals surface area contributed by atoms with Gasteiger partial charge in [-0.25, -0.2) is 4.98 Å². The number of fused-ring (bicyclic) bond motifs is 2. The van der Waals surface area contributed by atoms with Crippen LogP contribution in [-0.4, -0.2) is 30.2 Å². The number of hydrogen-bond donors (Lipinski definition) is 1. The molecule has 0 radical (unpaired) electrons. The van der Waals surface area contributed by atoms with E-state index < -0.39 is 0 Å². The van der Waals surface area contributed by atoms with Gasteiger partial charge in [-0.2, -0.15) is 5.26 Å². The summed E-state index contributed by atoms with van der Waals surface area (Å²) in [4.78, 5) is 6.74. The van der Waals surface area contributed by atoms with E-state index >= 15 is 0 Å². The second kappa shape index (κ2) is 3.46. The van der Waals surface area contributed by atoms with E-state index in [-0.39, 0.29) is 0 Å². The Bertz CT molecular complexity index is 421. The Balaban J connectivity index is 1.86. The Morgan fingerprint density at radius 1 is 1.44 bits per heavy atom. The molecule has 2 aliphatic heterocycles. The summed E-state index contributed by atoms with van der Waals surface area (Å²) in [6.45, 7) is 4.38. The van der Waals surface area contributed by atoms with Gasteiger partial charge >= 0.3 is 0 Å². The Morgan fingerprint density at radius 2 is 2.19 bits per heavy atom. The van der Waals surface area contributed by atoms with Gasteiger partial charge < -0.3 is 10.2 Å². The van der Waals surface area contributed by atoms with Crippen LogP contribution < -0.4 is 10.2 Å². The standard InChI is InChI=1S/C12H14N4/c1-8-10-6-14-7-11(8)16(10)12-3-2-9(4-13)5-15-12/h2-3,5,8,10-11,14H,6-7H2,1H3. The van der Waals surface area contributed by atoms with Gasteiger partial charge in [0, 0.05) is 31.4 Å². The molecular weight excluding hydrogens is 200 g/mol. The zero-order valence-electron chi connectivity index (χ0n) is 9.22. The van der Waals surface area contributed by atoms with Gasteiger partial charge in [0.1, 0.15) is 11.9 Å². The van der Waals surface area contributed by atoms with Crippen LogP contribution in [0.3, 0.4) is 0 Å². The fraction of sp³-hybridized carbons (Fsp3) is 0.500. The quantitative estimate of drug-likeness (QED) is 0.749. The SMILES string of the molecule is CC1C2CNCC1N2c1ccc(C#N)cn1. The minimum Gasteiger partial charge on any atom is -0.347 e. The number of rotatable bonds is 1. The molecule has 2 aliphatic rings. The average molecular weight is 214 g/mol. The van der Waals surface area contributed by atoms with E-state index in [2.05, 4.69) is 28.2 Å². The van der Waals surface area contributed by atoms with Crippen molar-refractivity contribution >= 4 is 5.82 Å². The molecule has 1 aromatic heterocycles. The highest BCUT2D eigenvalue weighted by Gasteiger charge is 2.48. The van der Waals surface area contributed by atoms with Crippen LogP contribution in [0.2, 0.25) is 0 Å². The Labute approximate surface area is 94.9 Å². The maximum atomic E-state index is 8.73. The van der Waals surface area contributed by atoms with Crippen molar-refractivity contribution in [1.29, 1.82) is 5.26 Å². The minimum absolute atomic E-state index is 0.569. The highest BCUT2D eigenvalue weighted by molar-refractivity contribution is 5.49. The second-order valence-electron chi connectivity index (χ2n) is 4.58. The molecule has 2 fully saturated rings. The maximum absolute atomic E-state index is 8.73. The highest BCUT2D eigenvalue weighted by Crippen LogP contribution is 2.37. The summed E-state index contributed by atoms with van der Waals surface area (Å²) < 4.78 is 0. The van der Waals surface area contributed by atoms with E-state index in [4.69, 9.17) is 5.26 Å². The summed E-state index contributed by atoms with van der Waals surface area (Å²) in [7, 11) is 0. The zero-order valence-corrected chi connectivity index (χ0v) is 9.22. The van der Waals surface area contributed by atoms with Crippen molar-refractivity contribution in [3.05, 3.63) is 23.9 Å². The molecule has 16 heavy (non-hydrogen) atoms. The number of hydrogen-bond acceptors (Lipinski definition) is 4. The fourth-order valence-electron chi connectivity index (χ4n) is 2.80. The third-order valence-electron chi connectivity index (χ3n) is 3.78. The lowest BCUT2D eigenvalue weighted by molar-refractivity contribution is 0.167. The molecule has 0 spiro atoms. The molecule has 0 aliphatic carbocycles. The van der Waals surface area contributed by atoms with Crippen LogP contribution in [0.25, 0.3) is 0 Å². The predicted octanol–water partition coefficient (Wildman–Crippen LogP) is 0.750. The van der Waals surface area contributed by atoms with E-state index in [9.17, 15) is 0 Å². The van der Waals surface area contributed by atoms with Crippen LogP contribution >= 0.6 is 0 Å². The predicted molar refractivity (Wildman–Crippen MR) is 61.0 cm³/mol. The molecule has 0 amide bonds. The van der Waals surface area contributed by atoms with Crippen LogP contribution in [0.5, 0.6) is 0 Å². The van der Waals surface area contributed by atoms with Crippen molar-refractivity contribution in [3.8, 4) is 6.07 Å². The smallest absolute Gasteiger partial charge is 0.129 e. The minimum atomic E-state index is 0.569. The first-order valence-corrected chi connectivity index (χ1v) is 5.66. The first-order chi connectivity index (χ1) is 7.81. The number of nitrogens with one attached hydrogen (secondary N) is 1. The number of nitriles is 1. The zero-order chi connectivity index (χ0) is 11.1. The van der Waals surface area contributed by atoms with E-state index in [0.29, 0.717) is 17.6 Å². The van der Waals surface area contributed by atoms with E-state index in [1.807, 2.05) is 12.1 Å². The topological polar surface area (TPSA) is 52.0 Å². The molecule has 3 rings (SSSR count). The van der Waals surface area contributed by atoms with Gasteiger partial charge in [-0.3, -0.25) is 0 Å². The summed E-state index contributed by atoms with van der Waals surface area (Å²) in [5.74, 6) is 1.76. The van der Waals surface area contributed by atoms with E-state index in [0.717, 1.165) is 24.8 Å². The van der Waals surface area contributed by atoms with Crippen LogP contribution in [0, 0.1) is 17.2 Å². The Morgan fingerprint density at radius 3 is 2.69 bits per heavy atom. The average Bonchev–Trinajstić information content (AvgIpc) is 2.38. The summed E-state index contributed by atoms with van der Waals surface area (Å²) in [6, 6.07) is 7.03. The first-order valence-electron chi connectivity index (χ1n) is 5.66. The molecule has 2 unspecified atom stereocenters. The lowest BCUT2D eigenvalue weighted by Gasteiger charge is -2.58. The van der Waals surface area contributed by atoms with Crippen molar-refractivity contribution in [2.45, 2.75) is 19.0 Å².